The van der Waals surface area contributed by atoms with Crippen LogP contribution in [0.1, 0.15) is 57.3 Å². The van der Waals surface area contributed by atoms with Crippen LogP contribution in [0.4, 0.5) is 4.79 Å². The molecule has 1 aliphatic rings. The van der Waals surface area contributed by atoms with Crippen molar-refractivity contribution >= 4 is 43.4 Å². The lowest BCUT2D eigenvalue weighted by atomic mass is 9.82. The SMILES string of the molecule is CCCC1(C(=O)c2ccc(Cl)c(Cl)c2)C[C@@H](O[Si](C)(C)C(C)(C)C)CN1C(=O)O. The molecule has 29 heavy (non-hydrogen) atoms. The maximum atomic E-state index is 13.6. The van der Waals surface area contributed by atoms with Gasteiger partial charge in [0.25, 0.3) is 0 Å². The lowest BCUT2D eigenvalue weighted by Gasteiger charge is -2.38. The fraction of sp³-hybridized carbons (Fsp3) is 0.619. The summed E-state index contributed by atoms with van der Waals surface area (Å²) in [5.74, 6) is -0.248. The smallest absolute Gasteiger partial charge is 0.408 e. The fourth-order valence-electron chi connectivity index (χ4n) is 3.75. The minimum absolute atomic E-state index is 0.00915. The molecule has 8 heteroatoms. The number of benzene rings is 1. The van der Waals surface area contributed by atoms with Gasteiger partial charge in [-0.1, -0.05) is 57.3 Å². The highest BCUT2D eigenvalue weighted by atomic mass is 35.5. The minimum atomic E-state index is -2.12. The van der Waals surface area contributed by atoms with Crippen molar-refractivity contribution in [1.82, 2.24) is 4.90 Å². The van der Waals surface area contributed by atoms with Crippen molar-refractivity contribution in [2.45, 2.75) is 76.7 Å². The van der Waals surface area contributed by atoms with Gasteiger partial charge in [-0.3, -0.25) is 9.69 Å². The van der Waals surface area contributed by atoms with Crippen LogP contribution in [0.15, 0.2) is 18.2 Å². The summed E-state index contributed by atoms with van der Waals surface area (Å²) >= 11 is 12.1. The molecule has 1 saturated heterocycles. The first-order valence-corrected chi connectivity index (χ1v) is 13.6. The lowest BCUT2D eigenvalue weighted by Crippen LogP contribution is -2.52. The van der Waals surface area contributed by atoms with Crippen LogP contribution in [-0.2, 0) is 4.43 Å². The summed E-state index contributed by atoms with van der Waals surface area (Å²) in [6.45, 7) is 12.8. The van der Waals surface area contributed by atoms with Crippen LogP contribution in [0.5, 0.6) is 0 Å². The van der Waals surface area contributed by atoms with Crippen LogP contribution in [0.2, 0.25) is 28.2 Å². The zero-order valence-corrected chi connectivity index (χ0v) is 20.5. The summed E-state index contributed by atoms with van der Waals surface area (Å²) < 4.78 is 6.51. The van der Waals surface area contributed by atoms with Gasteiger partial charge in [-0.25, -0.2) is 4.79 Å². The van der Waals surface area contributed by atoms with E-state index in [1.54, 1.807) is 12.1 Å². The van der Waals surface area contributed by atoms with Gasteiger partial charge in [0.15, 0.2) is 14.1 Å². The van der Waals surface area contributed by atoms with Crippen LogP contribution in [0.3, 0.4) is 0 Å². The van der Waals surface area contributed by atoms with Crippen molar-refractivity contribution in [1.29, 1.82) is 0 Å². The van der Waals surface area contributed by atoms with Crippen molar-refractivity contribution in [2.24, 2.45) is 0 Å². The predicted octanol–water partition coefficient (Wildman–Crippen LogP) is 6.49. The molecule has 0 aliphatic carbocycles. The second kappa shape index (κ2) is 8.58. The number of ketones is 1. The number of carbonyl (C=O) groups excluding carboxylic acids is 1. The molecule has 1 heterocycles. The molecule has 0 aromatic heterocycles. The average molecular weight is 460 g/mol. The fourth-order valence-corrected chi connectivity index (χ4v) is 5.39. The predicted molar refractivity (Wildman–Crippen MR) is 120 cm³/mol. The highest BCUT2D eigenvalue weighted by Gasteiger charge is 2.54. The number of hydrogen-bond donors (Lipinski definition) is 1. The number of likely N-dealkylation sites (tertiary alicyclic amines) is 1. The first-order valence-electron chi connectivity index (χ1n) is 9.93. The first kappa shape index (κ1) is 24.2. The number of hydrogen-bond acceptors (Lipinski definition) is 3. The topological polar surface area (TPSA) is 66.8 Å². The molecular weight excluding hydrogens is 429 g/mol. The van der Waals surface area contributed by atoms with Crippen molar-refractivity contribution in [3.63, 3.8) is 0 Å². The van der Waals surface area contributed by atoms with Gasteiger partial charge in [-0.2, -0.15) is 0 Å². The van der Waals surface area contributed by atoms with Gasteiger partial charge in [-0.15, -0.1) is 0 Å². The highest BCUT2D eigenvalue weighted by Crippen LogP contribution is 2.43. The number of amides is 1. The van der Waals surface area contributed by atoms with E-state index in [1.807, 2.05) is 6.92 Å². The van der Waals surface area contributed by atoms with Gasteiger partial charge in [0.2, 0.25) is 0 Å². The summed E-state index contributed by atoms with van der Waals surface area (Å²) in [5, 5.41) is 10.6. The number of halogens is 2. The molecule has 0 bridgehead atoms. The molecule has 2 rings (SSSR count). The Bertz CT molecular complexity index is 793. The summed E-state index contributed by atoms with van der Waals surface area (Å²) in [6, 6.07) is 4.70. The second-order valence-corrected chi connectivity index (χ2v) is 14.9. The third-order valence-electron chi connectivity index (χ3n) is 6.23. The van der Waals surface area contributed by atoms with E-state index in [0.29, 0.717) is 29.8 Å². The molecule has 5 nitrogen and oxygen atoms in total. The monoisotopic (exact) mass is 459 g/mol. The van der Waals surface area contributed by atoms with Crippen molar-refractivity contribution in [3.05, 3.63) is 33.8 Å². The zero-order valence-electron chi connectivity index (χ0n) is 18.0. The molecule has 1 aromatic carbocycles. The zero-order chi connectivity index (χ0) is 22.2. The molecule has 1 aliphatic heterocycles. The van der Waals surface area contributed by atoms with E-state index in [2.05, 4.69) is 33.9 Å². The van der Waals surface area contributed by atoms with Crippen molar-refractivity contribution in [2.75, 3.05) is 6.54 Å². The largest absolute Gasteiger partial charge is 0.465 e. The third kappa shape index (κ3) is 4.81. The quantitative estimate of drug-likeness (QED) is 0.389. The minimum Gasteiger partial charge on any atom is -0.465 e. The van der Waals surface area contributed by atoms with E-state index in [-0.39, 0.29) is 28.5 Å². The molecule has 2 atom stereocenters. The van der Waals surface area contributed by atoms with Crippen LogP contribution >= 0.6 is 23.2 Å². The van der Waals surface area contributed by atoms with E-state index in [0.717, 1.165) is 0 Å². The van der Waals surface area contributed by atoms with E-state index in [4.69, 9.17) is 27.6 Å². The van der Waals surface area contributed by atoms with Crippen LogP contribution < -0.4 is 0 Å². The number of carbonyl (C=O) groups is 2. The summed E-state index contributed by atoms with van der Waals surface area (Å²) in [6.07, 6.45) is 0.0245. The molecule has 0 spiro atoms. The van der Waals surface area contributed by atoms with E-state index >= 15 is 0 Å². The Morgan fingerprint density at radius 3 is 2.38 bits per heavy atom. The first-order chi connectivity index (χ1) is 13.2. The van der Waals surface area contributed by atoms with Crippen LogP contribution in [0, 0.1) is 0 Å². The lowest BCUT2D eigenvalue weighted by molar-refractivity contribution is 0.0616. The molecule has 1 aromatic rings. The Kier molecular flexibility index (Phi) is 7.15. The van der Waals surface area contributed by atoms with E-state index in [9.17, 15) is 14.7 Å². The molecule has 1 amide bonds. The Balaban J connectivity index is 2.45. The van der Waals surface area contributed by atoms with Crippen molar-refractivity contribution < 1.29 is 19.1 Å². The third-order valence-corrected chi connectivity index (χ3v) is 11.5. The highest BCUT2D eigenvalue weighted by molar-refractivity contribution is 6.74. The average Bonchev–Trinajstić information content (AvgIpc) is 2.95. The van der Waals surface area contributed by atoms with Gasteiger partial charge >= 0.3 is 6.09 Å². The van der Waals surface area contributed by atoms with Crippen molar-refractivity contribution in [3.8, 4) is 0 Å². The maximum Gasteiger partial charge on any atom is 0.408 e. The Morgan fingerprint density at radius 1 is 1.28 bits per heavy atom. The van der Waals surface area contributed by atoms with Gasteiger partial charge in [0.1, 0.15) is 5.54 Å². The van der Waals surface area contributed by atoms with Gasteiger partial charge in [0.05, 0.1) is 22.7 Å². The molecule has 1 fully saturated rings. The normalized spacial score (nSPS) is 22.8. The van der Waals surface area contributed by atoms with Crippen LogP contribution in [0.25, 0.3) is 0 Å². The summed E-state index contributed by atoms with van der Waals surface area (Å²) in [4.78, 5) is 27.0. The molecule has 1 unspecified atom stereocenters. The Labute approximate surface area is 184 Å². The number of nitrogens with zero attached hydrogens (tertiary/aromatic N) is 1. The summed E-state index contributed by atoms with van der Waals surface area (Å²) in [5.41, 5.74) is -0.794. The van der Waals surface area contributed by atoms with Gasteiger partial charge < -0.3 is 9.53 Å². The van der Waals surface area contributed by atoms with Crippen LogP contribution in [-0.4, -0.2) is 48.4 Å². The molecule has 0 saturated carbocycles. The molecule has 162 valence electrons. The molecule has 1 N–H and O–H groups in total. The Hall–Kier alpha value is -1.08. The van der Waals surface area contributed by atoms with Gasteiger partial charge in [0, 0.05) is 12.0 Å². The molecule has 0 radical (unpaired) electrons. The van der Waals surface area contributed by atoms with E-state index < -0.39 is 19.9 Å². The van der Waals surface area contributed by atoms with E-state index in [1.165, 1.54) is 11.0 Å². The second-order valence-electron chi connectivity index (χ2n) is 9.34. The number of rotatable bonds is 6. The molecular formula is C21H31Cl2NO4Si. The number of carboxylic acid groups (broad SMARTS) is 1. The maximum absolute atomic E-state index is 13.6. The Morgan fingerprint density at radius 2 is 1.90 bits per heavy atom. The standard InChI is InChI=1S/C21H31Cl2NO4Si/c1-7-10-21(18(25)14-8-9-16(22)17(23)11-14)12-15(13-24(21)19(26)27)28-29(5,6)20(2,3)4/h8-9,11,15H,7,10,12-13H2,1-6H3,(H,26,27)/t15-,21?/m1/s1. The number of Topliss-reactive ketones (excluding diaryl/α,β-unsaturated/α-hetero) is 1. The summed E-state index contributed by atoms with van der Waals surface area (Å²) in [7, 11) is -2.12. The van der Waals surface area contributed by atoms with Gasteiger partial charge in [-0.05, 0) is 42.8 Å².